The number of rotatable bonds is 6. The molecule has 7 nitrogen and oxygen atoms in total. The van der Waals surface area contributed by atoms with Gasteiger partial charge in [-0.05, 0) is 17.7 Å². The summed E-state index contributed by atoms with van der Waals surface area (Å²) in [5.41, 5.74) is 2.55. The molecule has 0 aliphatic carbocycles. The Morgan fingerprint density at radius 1 is 0.967 bits per heavy atom. The van der Waals surface area contributed by atoms with E-state index < -0.39 is 0 Å². The number of nitrogens with zero attached hydrogens (tertiary/aromatic N) is 3. The maximum Gasteiger partial charge on any atom is 0.269 e. The molecule has 2 aliphatic rings. The fourth-order valence-corrected chi connectivity index (χ4v) is 3.75. The van der Waals surface area contributed by atoms with Gasteiger partial charge in [0.05, 0.1) is 0 Å². The number of piperazine rings is 1. The number of benzene rings is 2. The fourth-order valence-electron chi connectivity index (χ4n) is 3.75. The maximum atomic E-state index is 12.5. The van der Waals surface area contributed by atoms with Crippen LogP contribution in [0.2, 0.25) is 0 Å². The van der Waals surface area contributed by atoms with E-state index in [1.54, 1.807) is 0 Å². The molecule has 1 fully saturated rings. The predicted octanol–water partition coefficient (Wildman–Crippen LogP) is 2.36. The van der Waals surface area contributed by atoms with Crippen LogP contribution in [-0.4, -0.2) is 55.1 Å². The van der Waals surface area contributed by atoms with Crippen LogP contribution in [0.3, 0.4) is 0 Å². The molecule has 0 radical (unpaired) electrons. The van der Waals surface area contributed by atoms with Gasteiger partial charge < -0.3 is 20.0 Å². The van der Waals surface area contributed by atoms with Crippen molar-refractivity contribution >= 4 is 23.2 Å². The van der Waals surface area contributed by atoms with Gasteiger partial charge in [0.25, 0.3) is 5.91 Å². The number of amides is 2. The third-order valence-corrected chi connectivity index (χ3v) is 5.48. The predicted molar refractivity (Wildman–Crippen MR) is 115 cm³/mol. The minimum atomic E-state index is -0.268. The molecule has 2 amide bonds. The third-order valence-electron chi connectivity index (χ3n) is 5.48. The highest BCUT2D eigenvalue weighted by atomic mass is 16.6. The van der Waals surface area contributed by atoms with Crippen LogP contribution in [0.1, 0.15) is 24.5 Å². The molecule has 1 N–H and O–H groups in total. The molecule has 0 aromatic heterocycles. The van der Waals surface area contributed by atoms with Crippen molar-refractivity contribution in [2.75, 3.05) is 37.6 Å². The lowest BCUT2D eigenvalue weighted by molar-refractivity contribution is -0.131. The Hall–Kier alpha value is -3.35. The topological polar surface area (TPSA) is 74.2 Å². The number of hydrogen-bond acceptors (Lipinski definition) is 5. The molecule has 2 aliphatic heterocycles. The average Bonchev–Trinajstić information content (AvgIpc) is 3.31. The summed E-state index contributed by atoms with van der Waals surface area (Å²) in [7, 11) is 0. The molecule has 156 valence electrons. The number of carbonyl (C=O) groups excluding carboxylic acids is 2. The average molecular weight is 406 g/mol. The van der Waals surface area contributed by atoms with Crippen molar-refractivity contribution in [2.45, 2.75) is 18.9 Å². The second-order valence-electron chi connectivity index (χ2n) is 7.46. The molecule has 2 aromatic carbocycles. The first-order chi connectivity index (χ1) is 14.7. The first kappa shape index (κ1) is 19.9. The van der Waals surface area contributed by atoms with E-state index in [0.717, 1.165) is 18.7 Å². The van der Waals surface area contributed by atoms with Gasteiger partial charge in [0, 0.05) is 51.3 Å². The van der Waals surface area contributed by atoms with Crippen LogP contribution < -0.4 is 10.2 Å². The second kappa shape index (κ2) is 9.43. The van der Waals surface area contributed by atoms with Gasteiger partial charge in [0.15, 0.2) is 6.10 Å². The lowest BCUT2D eigenvalue weighted by Crippen LogP contribution is -2.49. The van der Waals surface area contributed by atoms with Gasteiger partial charge in [0.1, 0.15) is 5.71 Å². The van der Waals surface area contributed by atoms with Crippen LogP contribution >= 0.6 is 0 Å². The highest BCUT2D eigenvalue weighted by Crippen LogP contribution is 2.26. The number of oxime groups is 1. The van der Waals surface area contributed by atoms with Crippen molar-refractivity contribution in [1.29, 1.82) is 0 Å². The van der Waals surface area contributed by atoms with E-state index in [9.17, 15) is 9.59 Å². The number of anilines is 1. The van der Waals surface area contributed by atoms with Gasteiger partial charge in [-0.3, -0.25) is 9.59 Å². The zero-order chi connectivity index (χ0) is 20.8. The van der Waals surface area contributed by atoms with E-state index >= 15 is 0 Å². The van der Waals surface area contributed by atoms with Crippen LogP contribution in [0.5, 0.6) is 0 Å². The molecule has 7 heteroatoms. The Labute approximate surface area is 176 Å². The van der Waals surface area contributed by atoms with Gasteiger partial charge in [-0.15, -0.1) is 0 Å². The highest BCUT2D eigenvalue weighted by molar-refractivity contribution is 6.39. The Kier molecular flexibility index (Phi) is 6.27. The lowest BCUT2D eigenvalue weighted by atomic mass is 10.0. The maximum absolute atomic E-state index is 12.5. The zero-order valence-electron chi connectivity index (χ0n) is 16.9. The number of para-hydroxylation sites is 1. The van der Waals surface area contributed by atoms with Crippen LogP contribution in [0.25, 0.3) is 0 Å². The smallest absolute Gasteiger partial charge is 0.269 e. The molecule has 1 unspecified atom stereocenters. The van der Waals surface area contributed by atoms with Gasteiger partial charge in [-0.2, -0.15) is 0 Å². The van der Waals surface area contributed by atoms with Crippen LogP contribution in [0.15, 0.2) is 65.8 Å². The minimum Gasteiger partial charge on any atom is -0.387 e. The Balaban J connectivity index is 1.17. The summed E-state index contributed by atoms with van der Waals surface area (Å²) in [5.74, 6) is -0.204. The SMILES string of the molecule is O=C(NCCC(=O)N1CCN(c2ccccc2)CC1)C1=NOC(c2ccccc2)C1. The van der Waals surface area contributed by atoms with E-state index in [-0.39, 0.29) is 24.3 Å². The summed E-state index contributed by atoms with van der Waals surface area (Å²) in [5, 5.41) is 6.72. The third kappa shape index (κ3) is 4.79. The number of hydrogen-bond donors (Lipinski definition) is 1. The Bertz CT molecular complexity index is 893. The molecular weight excluding hydrogens is 380 g/mol. The van der Waals surface area contributed by atoms with Gasteiger partial charge in [-0.25, -0.2) is 0 Å². The number of nitrogens with one attached hydrogen (secondary N) is 1. The molecule has 0 bridgehead atoms. The number of carbonyl (C=O) groups is 2. The molecule has 1 saturated heterocycles. The van der Waals surface area contributed by atoms with Crippen LogP contribution in [-0.2, 0) is 14.4 Å². The molecule has 0 spiro atoms. The highest BCUT2D eigenvalue weighted by Gasteiger charge is 2.27. The molecule has 0 saturated carbocycles. The summed E-state index contributed by atoms with van der Waals surface area (Å²) in [4.78, 5) is 34.4. The van der Waals surface area contributed by atoms with E-state index in [1.165, 1.54) is 5.69 Å². The Morgan fingerprint density at radius 2 is 1.63 bits per heavy atom. The van der Waals surface area contributed by atoms with Crippen molar-refractivity contribution in [3.63, 3.8) is 0 Å². The molecule has 2 aromatic rings. The lowest BCUT2D eigenvalue weighted by Gasteiger charge is -2.36. The molecular formula is C23H26N4O3. The first-order valence-electron chi connectivity index (χ1n) is 10.3. The van der Waals surface area contributed by atoms with Gasteiger partial charge >= 0.3 is 0 Å². The molecule has 2 heterocycles. The van der Waals surface area contributed by atoms with E-state index in [2.05, 4.69) is 27.5 Å². The minimum absolute atomic E-state index is 0.0646. The summed E-state index contributed by atoms with van der Waals surface area (Å²) < 4.78 is 0. The normalized spacial score (nSPS) is 18.5. The molecule has 4 rings (SSSR count). The zero-order valence-corrected chi connectivity index (χ0v) is 16.9. The summed E-state index contributed by atoms with van der Waals surface area (Å²) in [6.45, 7) is 3.32. The Morgan fingerprint density at radius 3 is 2.33 bits per heavy atom. The van der Waals surface area contributed by atoms with Crippen molar-refractivity contribution in [3.05, 3.63) is 66.2 Å². The summed E-state index contributed by atoms with van der Waals surface area (Å²) in [6.07, 6.45) is 0.493. The van der Waals surface area contributed by atoms with E-state index in [0.29, 0.717) is 31.8 Å². The standard InChI is InChI=1S/C23H26N4O3/c28-22(27-15-13-26(14-16-27)19-9-5-2-6-10-19)11-12-24-23(29)20-17-21(30-25-20)18-7-3-1-4-8-18/h1-10,21H,11-17H2,(H,24,29). The molecule has 1 atom stereocenters. The molecule has 30 heavy (non-hydrogen) atoms. The van der Waals surface area contributed by atoms with Crippen molar-refractivity contribution in [3.8, 4) is 0 Å². The largest absolute Gasteiger partial charge is 0.387 e. The quantitative estimate of drug-likeness (QED) is 0.799. The second-order valence-corrected chi connectivity index (χ2v) is 7.46. The summed E-state index contributed by atoms with van der Waals surface area (Å²) >= 11 is 0. The summed E-state index contributed by atoms with van der Waals surface area (Å²) in [6, 6.07) is 19.9. The van der Waals surface area contributed by atoms with Gasteiger partial charge in [-0.1, -0.05) is 53.7 Å². The first-order valence-corrected chi connectivity index (χ1v) is 10.3. The van der Waals surface area contributed by atoms with Crippen molar-refractivity contribution in [1.82, 2.24) is 10.2 Å². The van der Waals surface area contributed by atoms with Crippen LogP contribution in [0, 0.1) is 0 Å². The van der Waals surface area contributed by atoms with E-state index in [1.807, 2.05) is 53.4 Å². The monoisotopic (exact) mass is 406 g/mol. The van der Waals surface area contributed by atoms with Crippen LogP contribution in [0.4, 0.5) is 5.69 Å². The van der Waals surface area contributed by atoms with Crippen molar-refractivity contribution < 1.29 is 14.4 Å². The van der Waals surface area contributed by atoms with Gasteiger partial charge in [0.2, 0.25) is 5.91 Å². The van der Waals surface area contributed by atoms with Crippen molar-refractivity contribution in [2.24, 2.45) is 5.16 Å². The fraction of sp³-hybridized carbons (Fsp3) is 0.348. The van der Waals surface area contributed by atoms with E-state index in [4.69, 9.17) is 4.84 Å².